The molecule has 102 valence electrons. The first-order valence-corrected chi connectivity index (χ1v) is 7.24. The van der Waals surface area contributed by atoms with Gasteiger partial charge in [0, 0.05) is 4.47 Å². The first-order valence-electron chi connectivity index (χ1n) is 6.44. The molecule has 2 rings (SSSR count). The van der Waals surface area contributed by atoms with Crippen LogP contribution in [-0.2, 0) is 6.54 Å². The summed E-state index contributed by atoms with van der Waals surface area (Å²) in [5.74, 6) is 0.872. The summed E-state index contributed by atoms with van der Waals surface area (Å²) in [7, 11) is 0. The molecular weight excluding hydrogens is 306 g/mol. The Kier molecular flexibility index (Phi) is 5.04. The lowest BCUT2D eigenvalue weighted by Crippen LogP contribution is -2.23. The number of benzene rings is 1. The van der Waals surface area contributed by atoms with E-state index in [1.165, 1.54) is 5.56 Å². The van der Waals surface area contributed by atoms with Crippen molar-refractivity contribution in [3.8, 4) is 0 Å². The van der Waals surface area contributed by atoms with Gasteiger partial charge in [-0.05, 0) is 48.0 Å². The van der Waals surface area contributed by atoms with Crippen LogP contribution in [0.1, 0.15) is 37.7 Å². The Morgan fingerprint density at radius 3 is 2.74 bits per heavy atom. The second-order valence-corrected chi connectivity index (χ2v) is 5.41. The third-order valence-electron chi connectivity index (χ3n) is 2.89. The van der Waals surface area contributed by atoms with Gasteiger partial charge >= 0.3 is 0 Å². The van der Waals surface area contributed by atoms with Crippen LogP contribution in [0.25, 0.3) is 0 Å². The maximum atomic E-state index is 4.11. The number of rotatable bonds is 6. The molecule has 0 saturated heterocycles. The molecule has 1 aromatic carbocycles. The van der Waals surface area contributed by atoms with Crippen LogP contribution < -0.4 is 5.32 Å². The zero-order chi connectivity index (χ0) is 13.7. The number of aromatic nitrogens is 4. The van der Waals surface area contributed by atoms with E-state index in [1.807, 2.05) is 16.8 Å². The van der Waals surface area contributed by atoms with Crippen LogP contribution >= 0.6 is 15.9 Å². The fourth-order valence-corrected chi connectivity index (χ4v) is 2.11. The standard InChI is InChI=1S/C13H18BrN5/c1-3-8-15-10(2)13-16-17-18-19(13)9-11-4-6-12(14)7-5-11/h4-7,10,15H,3,8-9H2,1-2H3. The van der Waals surface area contributed by atoms with Gasteiger partial charge in [0.05, 0.1) is 12.6 Å². The van der Waals surface area contributed by atoms with Crippen molar-refractivity contribution < 1.29 is 0 Å². The third-order valence-corrected chi connectivity index (χ3v) is 3.42. The number of tetrazole rings is 1. The molecule has 6 heteroatoms. The number of halogens is 1. The Hall–Kier alpha value is -1.27. The molecule has 0 aliphatic heterocycles. The largest absolute Gasteiger partial charge is 0.307 e. The van der Waals surface area contributed by atoms with E-state index in [1.54, 1.807) is 0 Å². The summed E-state index contributed by atoms with van der Waals surface area (Å²) >= 11 is 3.43. The Morgan fingerprint density at radius 2 is 2.05 bits per heavy atom. The maximum absolute atomic E-state index is 4.11. The Morgan fingerprint density at radius 1 is 1.32 bits per heavy atom. The van der Waals surface area contributed by atoms with Crippen LogP contribution in [-0.4, -0.2) is 26.8 Å². The minimum Gasteiger partial charge on any atom is -0.307 e. The molecule has 0 saturated carbocycles. The average Bonchev–Trinajstić information content (AvgIpc) is 2.87. The fourth-order valence-electron chi connectivity index (χ4n) is 1.85. The first-order chi connectivity index (χ1) is 9.20. The second kappa shape index (κ2) is 6.77. The summed E-state index contributed by atoms with van der Waals surface area (Å²) in [5.41, 5.74) is 1.18. The van der Waals surface area contributed by atoms with Crippen molar-refractivity contribution in [2.45, 2.75) is 32.9 Å². The lowest BCUT2D eigenvalue weighted by Gasteiger charge is -2.12. The van der Waals surface area contributed by atoms with Gasteiger partial charge in [-0.2, -0.15) is 0 Å². The van der Waals surface area contributed by atoms with Gasteiger partial charge < -0.3 is 5.32 Å². The minimum absolute atomic E-state index is 0.158. The molecule has 1 heterocycles. The van der Waals surface area contributed by atoms with Gasteiger partial charge in [-0.1, -0.05) is 35.0 Å². The van der Waals surface area contributed by atoms with Crippen LogP contribution in [0.4, 0.5) is 0 Å². The molecule has 19 heavy (non-hydrogen) atoms. The molecular formula is C13H18BrN5. The summed E-state index contributed by atoms with van der Waals surface area (Å²) < 4.78 is 2.92. The van der Waals surface area contributed by atoms with Gasteiger partial charge in [-0.15, -0.1) is 5.10 Å². The molecule has 1 aromatic heterocycles. The normalized spacial score (nSPS) is 12.6. The summed E-state index contributed by atoms with van der Waals surface area (Å²) in [6.07, 6.45) is 1.10. The molecule has 1 atom stereocenters. The Labute approximate surface area is 121 Å². The number of nitrogens with one attached hydrogen (secondary N) is 1. The van der Waals surface area contributed by atoms with Crippen LogP contribution in [0.2, 0.25) is 0 Å². The van der Waals surface area contributed by atoms with Crippen molar-refractivity contribution in [2.24, 2.45) is 0 Å². The van der Waals surface area contributed by atoms with E-state index in [0.29, 0.717) is 6.54 Å². The van der Waals surface area contributed by atoms with Gasteiger partial charge in [-0.3, -0.25) is 0 Å². The summed E-state index contributed by atoms with van der Waals surface area (Å²) in [6.45, 7) is 5.88. The highest BCUT2D eigenvalue weighted by molar-refractivity contribution is 9.10. The van der Waals surface area contributed by atoms with Crippen molar-refractivity contribution in [1.82, 2.24) is 25.5 Å². The summed E-state index contributed by atoms with van der Waals surface area (Å²) in [6, 6.07) is 8.35. The summed E-state index contributed by atoms with van der Waals surface area (Å²) in [5, 5.41) is 15.4. The SMILES string of the molecule is CCCNC(C)c1nnnn1Cc1ccc(Br)cc1. The van der Waals surface area contributed by atoms with Crippen molar-refractivity contribution in [2.75, 3.05) is 6.54 Å². The van der Waals surface area contributed by atoms with Crippen molar-refractivity contribution >= 4 is 15.9 Å². The van der Waals surface area contributed by atoms with Crippen LogP contribution in [0.5, 0.6) is 0 Å². The number of hydrogen-bond donors (Lipinski definition) is 1. The van der Waals surface area contributed by atoms with Gasteiger partial charge in [0.25, 0.3) is 0 Å². The number of hydrogen-bond acceptors (Lipinski definition) is 4. The van der Waals surface area contributed by atoms with Gasteiger partial charge in [0.2, 0.25) is 0 Å². The molecule has 2 aromatic rings. The van der Waals surface area contributed by atoms with E-state index in [0.717, 1.165) is 23.3 Å². The molecule has 1 N–H and O–H groups in total. The van der Waals surface area contributed by atoms with Gasteiger partial charge in [-0.25, -0.2) is 4.68 Å². The highest BCUT2D eigenvalue weighted by Gasteiger charge is 2.13. The third kappa shape index (κ3) is 3.84. The van der Waals surface area contributed by atoms with Crippen LogP contribution in [0.15, 0.2) is 28.7 Å². The smallest absolute Gasteiger partial charge is 0.168 e. The highest BCUT2D eigenvalue weighted by atomic mass is 79.9. The quantitative estimate of drug-likeness (QED) is 0.887. The zero-order valence-electron chi connectivity index (χ0n) is 11.2. The molecule has 1 unspecified atom stereocenters. The van der Waals surface area contributed by atoms with Gasteiger partial charge in [0.1, 0.15) is 0 Å². The predicted octanol–water partition coefficient (Wildman–Crippen LogP) is 2.54. The zero-order valence-corrected chi connectivity index (χ0v) is 12.8. The first kappa shape index (κ1) is 14.1. The van der Waals surface area contributed by atoms with E-state index >= 15 is 0 Å². The topological polar surface area (TPSA) is 55.6 Å². The molecule has 0 radical (unpaired) electrons. The lowest BCUT2D eigenvalue weighted by molar-refractivity contribution is 0.503. The molecule has 0 bridgehead atoms. The molecule has 0 aliphatic rings. The van der Waals surface area contributed by atoms with E-state index < -0.39 is 0 Å². The average molecular weight is 324 g/mol. The fraction of sp³-hybridized carbons (Fsp3) is 0.462. The molecule has 0 amide bonds. The lowest BCUT2D eigenvalue weighted by atomic mass is 10.2. The monoisotopic (exact) mass is 323 g/mol. The predicted molar refractivity (Wildman–Crippen MR) is 77.8 cm³/mol. The van der Waals surface area contributed by atoms with Crippen molar-refractivity contribution in [3.05, 3.63) is 40.1 Å². The van der Waals surface area contributed by atoms with E-state index in [-0.39, 0.29) is 6.04 Å². The molecule has 0 spiro atoms. The van der Waals surface area contributed by atoms with E-state index in [9.17, 15) is 0 Å². The summed E-state index contributed by atoms with van der Waals surface area (Å²) in [4.78, 5) is 0. The Balaban J connectivity index is 2.08. The van der Waals surface area contributed by atoms with E-state index in [4.69, 9.17) is 0 Å². The molecule has 0 fully saturated rings. The minimum atomic E-state index is 0.158. The maximum Gasteiger partial charge on any atom is 0.168 e. The second-order valence-electron chi connectivity index (χ2n) is 4.50. The Bertz CT molecular complexity index is 508. The van der Waals surface area contributed by atoms with Crippen LogP contribution in [0, 0.1) is 0 Å². The number of nitrogens with zero attached hydrogens (tertiary/aromatic N) is 4. The van der Waals surface area contributed by atoms with Crippen molar-refractivity contribution in [1.29, 1.82) is 0 Å². The van der Waals surface area contributed by atoms with E-state index in [2.05, 4.69) is 62.8 Å². The molecule has 0 aliphatic carbocycles. The van der Waals surface area contributed by atoms with Gasteiger partial charge in [0.15, 0.2) is 5.82 Å². The van der Waals surface area contributed by atoms with Crippen molar-refractivity contribution in [3.63, 3.8) is 0 Å². The highest BCUT2D eigenvalue weighted by Crippen LogP contribution is 2.13. The van der Waals surface area contributed by atoms with Crippen LogP contribution in [0.3, 0.4) is 0 Å². The molecule has 5 nitrogen and oxygen atoms in total.